The molecule has 0 aliphatic rings. The number of halogens is 1. The summed E-state index contributed by atoms with van der Waals surface area (Å²) >= 11 is 2.21. The molecule has 2 aromatic rings. The zero-order chi connectivity index (χ0) is 22.8. The van der Waals surface area contributed by atoms with Gasteiger partial charge in [0.15, 0.2) is 6.61 Å². The molecule has 7 heteroatoms. The van der Waals surface area contributed by atoms with Gasteiger partial charge in [-0.25, -0.2) is 0 Å². The Hall–Kier alpha value is -2.29. The molecule has 2 amide bonds. The molecule has 6 nitrogen and oxygen atoms in total. The van der Waals surface area contributed by atoms with Crippen molar-refractivity contribution in [3.63, 3.8) is 0 Å². The average Bonchev–Trinajstić information content (AvgIpc) is 2.78. The third-order valence-corrected chi connectivity index (χ3v) is 5.77. The third-order valence-electron chi connectivity index (χ3n) is 5.05. The van der Waals surface area contributed by atoms with Crippen LogP contribution in [0.4, 0.5) is 0 Å². The average molecular weight is 538 g/mol. The lowest BCUT2D eigenvalue weighted by Crippen LogP contribution is -2.51. The van der Waals surface area contributed by atoms with Gasteiger partial charge in [-0.2, -0.15) is 0 Å². The van der Waals surface area contributed by atoms with Crippen LogP contribution >= 0.6 is 22.6 Å². The van der Waals surface area contributed by atoms with Gasteiger partial charge in [-0.3, -0.25) is 9.59 Å². The number of hydrogen-bond donors (Lipinski definition) is 1. The van der Waals surface area contributed by atoms with E-state index in [1.807, 2.05) is 69.3 Å². The summed E-state index contributed by atoms with van der Waals surface area (Å²) in [6.07, 6.45) is 1.32. The molecule has 0 aliphatic heterocycles. The second kappa shape index (κ2) is 12.5. The number of ether oxygens (including phenoxy) is 2. The van der Waals surface area contributed by atoms with Crippen molar-refractivity contribution in [2.24, 2.45) is 0 Å². The first-order valence-electron chi connectivity index (χ1n) is 10.5. The number of carbonyl (C=O) groups excluding carboxylic acids is 2. The van der Waals surface area contributed by atoms with Gasteiger partial charge in [0.05, 0.1) is 7.11 Å². The Morgan fingerprint density at radius 2 is 1.77 bits per heavy atom. The summed E-state index contributed by atoms with van der Waals surface area (Å²) in [7, 11) is 1.60. The summed E-state index contributed by atoms with van der Waals surface area (Å²) in [6, 6.07) is 14.5. The molecule has 168 valence electrons. The smallest absolute Gasteiger partial charge is 0.261 e. The zero-order valence-electron chi connectivity index (χ0n) is 18.6. The van der Waals surface area contributed by atoms with Crippen LogP contribution in [-0.2, 0) is 16.1 Å². The van der Waals surface area contributed by atoms with Crippen molar-refractivity contribution in [3.05, 3.63) is 57.7 Å². The van der Waals surface area contributed by atoms with Gasteiger partial charge in [0.1, 0.15) is 17.5 Å². The fourth-order valence-corrected chi connectivity index (χ4v) is 3.45. The monoisotopic (exact) mass is 538 g/mol. The second-order valence-corrected chi connectivity index (χ2v) is 8.60. The maximum absolute atomic E-state index is 13.2. The van der Waals surface area contributed by atoms with E-state index < -0.39 is 6.04 Å². The van der Waals surface area contributed by atoms with Crippen molar-refractivity contribution in [2.45, 2.75) is 52.2 Å². The highest BCUT2D eigenvalue weighted by atomic mass is 127. The zero-order valence-corrected chi connectivity index (χ0v) is 20.7. The van der Waals surface area contributed by atoms with Crippen molar-refractivity contribution >= 4 is 34.4 Å². The van der Waals surface area contributed by atoms with Crippen LogP contribution in [0.15, 0.2) is 48.5 Å². The summed E-state index contributed by atoms with van der Waals surface area (Å²) < 4.78 is 12.1. The Kier molecular flexibility index (Phi) is 10.1. The van der Waals surface area contributed by atoms with Gasteiger partial charge in [-0.1, -0.05) is 26.0 Å². The van der Waals surface area contributed by atoms with Gasteiger partial charge in [0, 0.05) is 16.2 Å². The van der Waals surface area contributed by atoms with Crippen LogP contribution in [0.25, 0.3) is 0 Å². The number of rotatable bonds is 11. The van der Waals surface area contributed by atoms with Crippen molar-refractivity contribution in [2.75, 3.05) is 13.7 Å². The summed E-state index contributed by atoms with van der Waals surface area (Å²) in [5.74, 6) is 0.930. The maximum Gasteiger partial charge on any atom is 0.261 e. The van der Waals surface area contributed by atoms with Crippen LogP contribution in [-0.4, -0.2) is 42.5 Å². The van der Waals surface area contributed by atoms with E-state index >= 15 is 0 Å². The van der Waals surface area contributed by atoms with E-state index in [0.717, 1.165) is 15.6 Å². The summed E-state index contributed by atoms with van der Waals surface area (Å²) in [6.45, 7) is 6.03. The fourth-order valence-electron chi connectivity index (χ4n) is 3.09. The van der Waals surface area contributed by atoms with Crippen LogP contribution in [0.3, 0.4) is 0 Å². The molecule has 0 saturated heterocycles. The van der Waals surface area contributed by atoms with Gasteiger partial charge in [-0.05, 0) is 84.3 Å². The van der Waals surface area contributed by atoms with E-state index in [1.54, 1.807) is 12.0 Å². The lowest BCUT2D eigenvalue weighted by atomic mass is 10.1. The van der Waals surface area contributed by atoms with Gasteiger partial charge >= 0.3 is 0 Å². The fraction of sp³-hybridized carbons (Fsp3) is 0.417. The first-order chi connectivity index (χ1) is 14.9. The minimum absolute atomic E-state index is 0.0402. The molecule has 0 fully saturated rings. The third kappa shape index (κ3) is 7.72. The number of methoxy groups -OCH3 is 1. The largest absolute Gasteiger partial charge is 0.497 e. The molecule has 1 N–H and O–H groups in total. The van der Waals surface area contributed by atoms with Gasteiger partial charge in [-0.15, -0.1) is 0 Å². The Morgan fingerprint density at radius 1 is 1.06 bits per heavy atom. The van der Waals surface area contributed by atoms with Crippen molar-refractivity contribution in [1.29, 1.82) is 0 Å². The molecule has 0 aromatic heterocycles. The molecule has 0 bridgehead atoms. The summed E-state index contributed by atoms with van der Waals surface area (Å²) in [5, 5.41) is 3.01. The molecular weight excluding hydrogens is 507 g/mol. The molecule has 0 spiro atoms. The number of nitrogens with one attached hydrogen (secondary N) is 1. The molecule has 2 aromatic carbocycles. The Morgan fingerprint density at radius 3 is 2.39 bits per heavy atom. The number of carbonyl (C=O) groups is 2. The van der Waals surface area contributed by atoms with E-state index in [0.29, 0.717) is 24.5 Å². The molecule has 0 unspecified atom stereocenters. The van der Waals surface area contributed by atoms with Crippen molar-refractivity contribution < 1.29 is 19.1 Å². The van der Waals surface area contributed by atoms with E-state index in [4.69, 9.17) is 9.47 Å². The molecule has 0 aliphatic carbocycles. The minimum atomic E-state index is -0.590. The van der Waals surface area contributed by atoms with E-state index in [-0.39, 0.29) is 24.5 Å². The molecule has 0 saturated carbocycles. The molecule has 0 heterocycles. The maximum atomic E-state index is 13.2. The standard InChI is InChI=1S/C24H31IN2O4/c1-5-17(3)26-24(29)22(6-2)27(15-18-8-7-9-21(14-18)30-4)23(28)16-31-20-12-10-19(25)11-13-20/h7-14,17,22H,5-6,15-16H2,1-4H3,(H,26,29)/t17-,22-/m0/s1. The Bertz CT molecular complexity index is 857. The molecular formula is C24H31IN2O4. The van der Waals surface area contributed by atoms with Gasteiger partial charge < -0.3 is 19.7 Å². The van der Waals surface area contributed by atoms with Gasteiger partial charge in [0.25, 0.3) is 5.91 Å². The Balaban J connectivity index is 2.22. The number of nitrogens with zero attached hydrogens (tertiary/aromatic N) is 1. The quantitative estimate of drug-likeness (QED) is 0.431. The van der Waals surface area contributed by atoms with E-state index in [2.05, 4.69) is 27.9 Å². The normalized spacial score (nSPS) is 12.5. The summed E-state index contributed by atoms with van der Waals surface area (Å²) in [4.78, 5) is 27.7. The van der Waals surface area contributed by atoms with Crippen LogP contribution in [0, 0.1) is 3.57 Å². The molecule has 2 atom stereocenters. The highest BCUT2D eigenvalue weighted by molar-refractivity contribution is 14.1. The molecule has 2 rings (SSSR count). The van der Waals surface area contributed by atoms with E-state index in [1.165, 1.54) is 0 Å². The minimum Gasteiger partial charge on any atom is -0.497 e. The first-order valence-corrected chi connectivity index (χ1v) is 11.6. The lowest BCUT2D eigenvalue weighted by molar-refractivity contribution is -0.143. The second-order valence-electron chi connectivity index (χ2n) is 7.36. The molecule has 31 heavy (non-hydrogen) atoms. The highest BCUT2D eigenvalue weighted by Crippen LogP contribution is 2.18. The Labute approximate surface area is 198 Å². The SMILES string of the molecule is CC[C@H](C)NC(=O)[C@H](CC)N(Cc1cccc(OC)c1)C(=O)COc1ccc(I)cc1. The number of benzene rings is 2. The predicted molar refractivity (Wildman–Crippen MR) is 130 cm³/mol. The van der Waals surface area contributed by atoms with Crippen LogP contribution < -0.4 is 14.8 Å². The van der Waals surface area contributed by atoms with Crippen molar-refractivity contribution in [1.82, 2.24) is 10.2 Å². The van der Waals surface area contributed by atoms with Crippen molar-refractivity contribution in [3.8, 4) is 11.5 Å². The molecule has 0 radical (unpaired) electrons. The van der Waals surface area contributed by atoms with E-state index in [9.17, 15) is 9.59 Å². The van der Waals surface area contributed by atoms with Gasteiger partial charge in [0.2, 0.25) is 5.91 Å². The topological polar surface area (TPSA) is 67.9 Å². The van der Waals surface area contributed by atoms with Crippen LogP contribution in [0.2, 0.25) is 0 Å². The lowest BCUT2D eigenvalue weighted by Gasteiger charge is -2.31. The highest BCUT2D eigenvalue weighted by Gasteiger charge is 2.29. The predicted octanol–water partition coefficient (Wildman–Crippen LogP) is 4.40. The number of amides is 2. The van der Waals surface area contributed by atoms with Crippen LogP contribution in [0.5, 0.6) is 11.5 Å². The first kappa shape index (κ1) is 25.0. The summed E-state index contributed by atoms with van der Waals surface area (Å²) in [5.41, 5.74) is 0.886. The number of hydrogen-bond acceptors (Lipinski definition) is 4. The van der Waals surface area contributed by atoms with Crippen LogP contribution in [0.1, 0.15) is 39.2 Å².